The second-order valence-electron chi connectivity index (χ2n) is 3.41. The summed E-state index contributed by atoms with van der Waals surface area (Å²) in [7, 11) is 1.85. The van der Waals surface area contributed by atoms with Crippen LogP contribution in [-0.4, -0.2) is 36.8 Å². The van der Waals surface area contributed by atoms with Crippen LogP contribution in [-0.2, 0) is 4.74 Å². The van der Waals surface area contributed by atoms with Crippen LogP contribution in [0.2, 0.25) is 0 Å². The Bertz CT molecular complexity index is 317. The lowest BCUT2D eigenvalue weighted by atomic mass is 10.4. The molecule has 0 saturated carbocycles. The normalized spacial score (nSPS) is 10.2. The third-order valence-electron chi connectivity index (χ3n) is 2.07. The van der Waals surface area contributed by atoms with Crippen molar-refractivity contribution >= 4 is 11.6 Å². The Kier molecular flexibility index (Phi) is 5.56. The van der Waals surface area contributed by atoms with Crippen LogP contribution >= 0.6 is 0 Å². The largest absolute Gasteiger partial charge is 0.382 e. The van der Waals surface area contributed by atoms with Gasteiger partial charge in [0.1, 0.15) is 17.5 Å². The quantitative estimate of drug-likeness (QED) is 0.690. The van der Waals surface area contributed by atoms with Crippen molar-refractivity contribution in [1.29, 1.82) is 0 Å². The van der Waals surface area contributed by atoms with E-state index in [1.54, 1.807) is 0 Å². The maximum Gasteiger partial charge on any atom is 0.131 e. The van der Waals surface area contributed by atoms with Gasteiger partial charge in [-0.2, -0.15) is 0 Å². The van der Waals surface area contributed by atoms with Crippen LogP contribution in [0.25, 0.3) is 0 Å². The monoisotopic (exact) mass is 224 g/mol. The summed E-state index contributed by atoms with van der Waals surface area (Å²) >= 11 is 0. The van der Waals surface area contributed by atoms with E-state index in [4.69, 9.17) is 4.74 Å². The van der Waals surface area contributed by atoms with Gasteiger partial charge in [-0.3, -0.25) is 0 Å². The van der Waals surface area contributed by atoms with Gasteiger partial charge >= 0.3 is 0 Å². The molecule has 16 heavy (non-hydrogen) atoms. The molecule has 1 aromatic heterocycles. The first-order chi connectivity index (χ1) is 7.76. The number of aromatic nitrogens is 2. The molecule has 0 saturated heterocycles. The maximum absolute atomic E-state index is 5.25. The van der Waals surface area contributed by atoms with Crippen molar-refractivity contribution in [3.63, 3.8) is 0 Å². The molecule has 0 spiro atoms. The topological polar surface area (TPSA) is 59.1 Å². The summed E-state index contributed by atoms with van der Waals surface area (Å²) in [6.07, 6.45) is 0.978. The molecule has 2 N–H and O–H groups in total. The molecule has 1 rings (SSSR count). The van der Waals surface area contributed by atoms with Crippen molar-refractivity contribution in [1.82, 2.24) is 9.97 Å². The lowest BCUT2D eigenvalue weighted by Crippen LogP contribution is -2.08. The molecule has 0 amide bonds. The lowest BCUT2D eigenvalue weighted by Gasteiger charge is -2.08. The molecule has 90 valence electrons. The summed E-state index contributed by atoms with van der Waals surface area (Å²) in [5.74, 6) is 2.45. The van der Waals surface area contributed by atoms with E-state index in [0.717, 1.165) is 43.6 Å². The van der Waals surface area contributed by atoms with Crippen molar-refractivity contribution in [2.45, 2.75) is 20.3 Å². The molecule has 0 unspecified atom stereocenters. The minimum absolute atomic E-state index is 0.763. The van der Waals surface area contributed by atoms with Crippen molar-refractivity contribution in [2.24, 2.45) is 0 Å². The first-order valence-corrected chi connectivity index (χ1v) is 5.61. The SMILES string of the molecule is CCOCCCNc1cc(NC)nc(C)n1. The highest BCUT2D eigenvalue weighted by Crippen LogP contribution is 2.09. The number of aryl methyl sites for hydroxylation is 1. The van der Waals surface area contributed by atoms with Gasteiger partial charge in [-0.15, -0.1) is 0 Å². The summed E-state index contributed by atoms with van der Waals surface area (Å²) in [6, 6.07) is 1.90. The first kappa shape index (κ1) is 12.7. The van der Waals surface area contributed by atoms with Crippen LogP contribution in [0.4, 0.5) is 11.6 Å². The standard InChI is InChI=1S/C11H20N4O/c1-4-16-7-5-6-13-11-8-10(12-3)14-9(2)15-11/h8H,4-7H2,1-3H3,(H2,12,13,14,15). The zero-order valence-corrected chi connectivity index (χ0v) is 10.2. The smallest absolute Gasteiger partial charge is 0.131 e. The van der Waals surface area contributed by atoms with Crippen LogP contribution in [0, 0.1) is 6.92 Å². The molecule has 0 aliphatic heterocycles. The van der Waals surface area contributed by atoms with Crippen LogP contribution in [0.15, 0.2) is 6.07 Å². The molecule has 0 aliphatic rings. The number of rotatable bonds is 7. The van der Waals surface area contributed by atoms with E-state index in [1.807, 2.05) is 27.0 Å². The van der Waals surface area contributed by atoms with Gasteiger partial charge in [0.2, 0.25) is 0 Å². The summed E-state index contributed by atoms with van der Waals surface area (Å²) in [5, 5.41) is 6.25. The first-order valence-electron chi connectivity index (χ1n) is 5.61. The molecule has 0 aromatic carbocycles. The molecule has 5 heteroatoms. The zero-order valence-electron chi connectivity index (χ0n) is 10.2. The van der Waals surface area contributed by atoms with Gasteiger partial charge in [0, 0.05) is 32.9 Å². The molecule has 0 bridgehead atoms. The summed E-state index contributed by atoms with van der Waals surface area (Å²) in [6.45, 7) is 6.30. The molecule has 0 fully saturated rings. The van der Waals surface area contributed by atoms with E-state index in [0.29, 0.717) is 0 Å². The predicted molar refractivity (Wildman–Crippen MR) is 65.9 cm³/mol. The van der Waals surface area contributed by atoms with Gasteiger partial charge in [0.25, 0.3) is 0 Å². The Balaban J connectivity index is 2.38. The Morgan fingerprint density at radius 1 is 1.31 bits per heavy atom. The highest BCUT2D eigenvalue weighted by Gasteiger charge is 1.99. The fraction of sp³-hybridized carbons (Fsp3) is 0.636. The summed E-state index contributed by atoms with van der Waals surface area (Å²) in [4.78, 5) is 8.52. The number of anilines is 2. The minimum Gasteiger partial charge on any atom is -0.382 e. The predicted octanol–water partition coefficient (Wildman–Crippen LogP) is 1.67. The van der Waals surface area contributed by atoms with Gasteiger partial charge < -0.3 is 15.4 Å². The summed E-state index contributed by atoms with van der Waals surface area (Å²) in [5.41, 5.74) is 0. The highest BCUT2D eigenvalue weighted by molar-refractivity contribution is 5.46. The molecule has 1 heterocycles. The Morgan fingerprint density at radius 3 is 2.75 bits per heavy atom. The fourth-order valence-electron chi connectivity index (χ4n) is 1.32. The van der Waals surface area contributed by atoms with Gasteiger partial charge in [-0.1, -0.05) is 0 Å². The van der Waals surface area contributed by atoms with Crippen molar-refractivity contribution in [3.05, 3.63) is 11.9 Å². The number of nitrogens with one attached hydrogen (secondary N) is 2. The molecule has 0 aliphatic carbocycles. The second kappa shape index (κ2) is 7.00. The van der Waals surface area contributed by atoms with Crippen molar-refractivity contribution < 1.29 is 4.74 Å². The molecular weight excluding hydrogens is 204 g/mol. The molecule has 0 atom stereocenters. The number of ether oxygens (including phenoxy) is 1. The van der Waals surface area contributed by atoms with E-state index in [9.17, 15) is 0 Å². The van der Waals surface area contributed by atoms with Gasteiger partial charge in [-0.25, -0.2) is 9.97 Å². The molecular formula is C11H20N4O. The Morgan fingerprint density at radius 2 is 2.06 bits per heavy atom. The number of hydrogen-bond acceptors (Lipinski definition) is 5. The minimum atomic E-state index is 0.763. The van der Waals surface area contributed by atoms with Gasteiger partial charge in [0.15, 0.2) is 0 Å². The molecule has 1 aromatic rings. The Hall–Kier alpha value is -1.36. The maximum atomic E-state index is 5.25. The third-order valence-corrected chi connectivity index (χ3v) is 2.07. The lowest BCUT2D eigenvalue weighted by molar-refractivity contribution is 0.147. The van der Waals surface area contributed by atoms with Gasteiger partial charge in [0.05, 0.1) is 0 Å². The molecule has 0 radical (unpaired) electrons. The second-order valence-corrected chi connectivity index (χ2v) is 3.41. The van der Waals surface area contributed by atoms with Crippen LogP contribution in [0.3, 0.4) is 0 Å². The summed E-state index contributed by atoms with van der Waals surface area (Å²) < 4.78 is 5.25. The van der Waals surface area contributed by atoms with E-state index in [2.05, 4.69) is 20.6 Å². The van der Waals surface area contributed by atoms with E-state index in [1.165, 1.54) is 0 Å². The van der Waals surface area contributed by atoms with E-state index < -0.39 is 0 Å². The highest BCUT2D eigenvalue weighted by atomic mass is 16.5. The zero-order chi connectivity index (χ0) is 11.8. The van der Waals surface area contributed by atoms with Crippen molar-refractivity contribution in [2.75, 3.05) is 37.4 Å². The third kappa shape index (κ3) is 4.44. The van der Waals surface area contributed by atoms with E-state index in [-0.39, 0.29) is 0 Å². The Labute approximate surface area is 96.6 Å². The van der Waals surface area contributed by atoms with Crippen LogP contribution < -0.4 is 10.6 Å². The molecule has 5 nitrogen and oxygen atoms in total. The van der Waals surface area contributed by atoms with E-state index >= 15 is 0 Å². The van der Waals surface area contributed by atoms with Crippen LogP contribution in [0.5, 0.6) is 0 Å². The average molecular weight is 224 g/mol. The fourth-order valence-corrected chi connectivity index (χ4v) is 1.32. The number of hydrogen-bond donors (Lipinski definition) is 2. The van der Waals surface area contributed by atoms with Crippen molar-refractivity contribution in [3.8, 4) is 0 Å². The average Bonchev–Trinajstić information content (AvgIpc) is 2.28. The van der Waals surface area contributed by atoms with Gasteiger partial charge in [-0.05, 0) is 20.3 Å². The number of nitrogens with zero attached hydrogens (tertiary/aromatic N) is 2. The van der Waals surface area contributed by atoms with Crippen LogP contribution in [0.1, 0.15) is 19.2 Å².